The molecule has 0 amide bonds. The third kappa shape index (κ3) is 1.90. The lowest BCUT2D eigenvalue weighted by Gasteiger charge is -2.02. The van der Waals surface area contributed by atoms with Crippen LogP contribution < -0.4 is 4.74 Å². The van der Waals surface area contributed by atoms with Gasteiger partial charge in [0.2, 0.25) is 5.88 Å². The van der Waals surface area contributed by atoms with Gasteiger partial charge in [-0.25, -0.2) is 4.98 Å². The number of rotatable bonds is 2. The summed E-state index contributed by atoms with van der Waals surface area (Å²) in [6.45, 7) is 0. The summed E-state index contributed by atoms with van der Waals surface area (Å²) in [6, 6.07) is 4.17. The highest BCUT2D eigenvalue weighted by atomic mass is 35.5. The molecule has 0 bridgehead atoms. The van der Waals surface area contributed by atoms with E-state index in [2.05, 4.69) is 10.1 Å². The van der Waals surface area contributed by atoms with Gasteiger partial charge in [0.15, 0.2) is 11.7 Å². The molecule has 86 valence electrons. The Kier molecular flexibility index (Phi) is 2.63. The van der Waals surface area contributed by atoms with Crippen LogP contribution in [0.4, 0.5) is 13.2 Å². The fraction of sp³-hybridized carbons (Fsp3) is 0.250. The molecular weight excluding hydrogens is 247 g/mol. The molecule has 2 rings (SSSR count). The Labute approximate surface area is 92.6 Å². The van der Waals surface area contributed by atoms with Crippen molar-refractivity contribution in [3.8, 4) is 5.88 Å². The number of ether oxygens (including phenoxy) is 1. The van der Waals surface area contributed by atoms with Crippen LogP contribution in [-0.4, -0.2) is 20.7 Å². The van der Waals surface area contributed by atoms with Gasteiger partial charge in [-0.05, 0) is 6.07 Å². The summed E-state index contributed by atoms with van der Waals surface area (Å²) in [5, 5.41) is 3.30. The molecule has 0 aliphatic rings. The Hall–Kier alpha value is -1.50. The Morgan fingerprint density at radius 3 is 2.75 bits per heavy atom. The van der Waals surface area contributed by atoms with Crippen LogP contribution in [0.15, 0.2) is 18.2 Å². The maximum Gasteiger partial charge on any atom is 0.453 e. The van der Waals surface area contributed by atoms with Gasteiger partial charge in [0.25, 0.3) is 5.82 Å². The third-order valence-corrected chi connectivity index (χ3v) is 1.89. The van der Waals surface area contributed by atoms with Gasteiger partial charge >= 0.3 is 6.18 Å². The predicted molar refractivity (Wildman–Crippen MR) is 49.3 cm³/mol. The first-order valence-electron chi connectivity index (χ1n) is 4.14. The first kappa shape index (κ1) is 11.0. The molecule has 0 radical (unpaired) electrons. The van der Waals surface area contributed by atoms with Gasteiger partial charge in [-0.15, -0.1) is 5.10 Å². The molecule has 0 fully saturated rings. The number of aromatic nitrogens is 3. The molecule has 16 heavy (non-hydrogen) atoms. The lowest BCUT2D eigenvalue weighted by Crippen LogP contribution is -2.08. The van der Waals surface area contributed by atoms with E-state index in [9.17, 15) is 13.2 Å². The minimum absolute atomic E-state index is 0.0509. The highest BCUT2D eigenvalue weighted by molar-refractivity contribution is 6.17. The lowest BCUT2D eigenvalue weighted by atomic mass is 10.5. The second kappa shape index (κ2) is 3.82. The SMILES string of the molecule is FC(F)(F)c1nc2cccc(OCCl)n2n1. The molecule has 0 saturated heterocycles. The van der Waals surface area contributed by atoms with Crippen molar-refractivity contribution in [1.29, 1.82) is 0 Å². The number of halogens is 4. The van der Waals surface area contributed by atoms with Crippen LogP contribution in [0.1, 0.15) is 5.82 Å². The number of alkyl halides is 4. The summed E-state index contributed by atoms with van der Waals surface area (Å²) in [6.07, 6.45) is -4.58. The second-order valence-electron chi connectivity index (χ2n) is 2.82. The average Bonchev–Trinajstić information content (AvgIpc) is 2.62. The van der Waals surface area contributed by atoms with Gasteiger partial charge in [-0.2, -0.15) is 17.7 Å². The van der Waals surface area contributed by atoms with Crippen LogP contribution in [0.25, 0.3) is 5.65 Å². The largest absolute Gasteiger partial charge is 0.461 e. The van der Waals surface area contributed by atoms with Crippen molar-refractivity contribution in [3.63, 3.8) is 0 Å². The summed E-state index contributed by atoms with van der Waals surface area (Å²) < 4.78 is 42.9. The molecule has 0 unspecified atom stereocenters. The van der Waals surface area contributed by atoms with E-state index >= 15 is 0 Å². The van der Waals surface area contributed by atoms with Crippen molar-refractivity contribution < 1.29 is 17.9 Å². The highest BCUT2D eigenvalue weighted by Crippen LogP contribution is 2.27. The fourth-order valence-electron chi connectivity index (χ4n) is 1.17. The van der Waals surface area contributed by atoms with E-state index in [-0.39, 0.29) is 17.6 Å². The number of pyridine rings is 1. The smallest absolute Gasteiger partial charge is 0.453 e. The first-order chi connectivity index (χ1) is 7.52. The molecule has 2 heterocycles. The molecule has 8 heteroatoms. The molecule has 0 aliphatic heterocycles. The van der Waals surface area contributed by atoms with Gasteiger partial charge in [0.05, 0.1) is 0 Å². The molecule has 0 spiro atoms. The zero-order chi connectivity index (χ0) is 11.8. The van der Waals surface area contributed by atoms with Crippen molar-refractivity contribution in [3.05, 3.63) is 24.0 Å². The van der Waals surface area contributed by atoms with Crippen molar-refractivity contribution in [2.24, 2.45) is 0 Å². The van der Waals surface area contributed by atoms with Crippen LogP contribution >= 0.6 is 11.6 Å². The maximum absolute atomic E-state index is 12.3. The Balaban J connectivity index is 2.57. The molecular formula is C8H5ClF3N3O. The maximum atomic E-state index is 12.3. The number of hydrogen-bond donors (Lipinski definition) is 0. The van der Waals surface area contributed by atoms with Crippen LogP contribution in [0.5, 0.6) is 5.88 Å². The van der Waals surface area contributed by atoms with E-state index in [1.807, 2.05) is 0 Å². The molecule has 0 saturated carbocycles. The van der Waals surface area contributed by atoms with Crippen LogP contribution in [0.3, 0.4) is 0 Å². The van der Waals surface area contributed by atoms with Gasteiger partial charge in [0, 0.05) is 6.07 Å². The van der Waals surface area contributed by atoms with Gasteiger partial charge < -0.3 is 4.74 Å². The Morgan fingerprint density at radius 1 is 1.38 bits per heavy atom. The standard InChI is InChI=1S/C8H5ClF3N3O/c9-4-16-6-3-1-2-5-13-7(8(10,11)12)14-15(5)6/h1-3H,4H2. The quantitative estimate of drug-likeness (QED) is 0.769. The zero-order valence-electron chi connectivity index (χ0n) is 7.70. The van der Waals surface area contributed by atoms with E-state index in [1.165, 1.54) is 18.2 Å². The van der Waals surface area contributed by atoms with Crippen molar-refractivity contribution in [1.82, 2.24) is 14.6 Å². The second-order valence-corrected chi connectivity index (χ2v) is 3.04. The molecule has 0 N–H and O–H groups in total. The number of nitrogens with zero attached hydrogens (tertiary/aromatic N) is 3. The third-order valence-electron chi connectivity index (χ3n) is 1.78. The Morgan fingerprint density at radius 2 is 2.12 bits per heavy atom. The zero-order valence-corrected chi connectivity index (χ0v) is 8.46. The predicted octanol–water partition coefficient (Wildman–Crippen LogP) is 2.32. The summed E-state index contributed by atoms with van der Waals surface area (Å²) >= 11 is 5.33. The number of fused-ring (bicyclic) bond motifs is 1. The van der Waals surface area contributed by atoms with E-state index in [4.69, 9.17) is 16.3 Å². The van der Waals surface area contributed by atoms with Gasteiger partial charge in [-0.3, -0.25) is 0 Å². The molecule has 2 aromatic heterocycles. The normalized spacial score (nSPS) is 12.0. The lowest BCUT2D eigenvalue weighted by molar-refractivity contribution is -0.144. The van der Waals surface area contributed by atoms with Crippen LogP contribution in [0, 0.1) is 0 Å². The van der Waals surface area contributed by atoms with Crippen molar-refractivity contribution in [2.75, 3.05) is 6.07 Å². The van der Waals surface area contributed by atoms with E-state index in [0.717, 1.165) is 4.52 Å². The Bertz CT molecular complexity index is 511. The summed E-state index contributed by atoms with van der Waals surface area (Å²) in [4.78, 5) is 3.33. The van der Waals surface area contributed by atoms with Crippen LogP contribution in [-0.2, 0) is 6.18 Å². The van der Waals surface area contributed by atoms with E-state index in [1.54, 1.807) is 0 Å². The summed E-state index contributed by atoms with van der Waals surface area (Å²) in [5.74, 6) is -1.10. The first-order valence-corrected chi connectivity index (χ1v) is 4.67. The van der Waals surface area contributed by atoms with E-state index < -0.39 is 12.0 Å². The minimum atomic E-state index is -4.58. The van der Waals surface area contributed by atoms with Gasteiger partial charge in [-0.1, -0.05) is 17.7 Å². The monoisotopic (exact) mass is 251 g/mol. The highest BCUT2D eigenvalue weighted by Gasteiger charge is 2.36. The van der Waals surface area contributed by atoms with E-state index in [0.29, 0.717) is 0 Å². The summed E-state index contributed by atoms with van der Waals surface area (Å²) in [5.41, 5.74) is 0.0509. The topological polar surface area (TPSA) is 39.4 Å². The van der Waals surface area contributed by atoms with Crippen molar-refractivity contribution >= 4 is 17.2 Å². The molecule has 0 aliphatic carbocycles. The average molecular weight is 252 g/mol. The fourth-order valence-corrected chi connectivity index (χ4v) is 1.28. The minimum Gasteiger partial charge on any atom is -0.461 e. The van der Waals surface area contributed by atoms with Crippen molar-refractivity contribution in [2.45, 2.75) is 6.18 Å². The molecule has 0 aromatic carbocycles. The molecule has 0 atom stereocenters. The molecule has 4 nitrogen and oxygen atoms in total. The van der Waals surface area contributed by atoms with Gasteiger partial charge in [0.1, 0.15) is 0 Å². The number of hydrogen-bond acceptors (Lipinski definition) is 3. The van der Waals surface area contributed by atoms with Crippen LogP contribution in [0.2, 0.25) is 0 Å². The summed E-state index contributed by atoms with van der Waals surface area (Å²) in [7, 11) is 0. The molecule has 2 aromatic rings.